The first-order chi connectivity index (χ1) is 11.9. The third kappa shape index (κ3) is 3.78. The van der Waals surface area contributed by atoms with Crippen LogP contribution in [0.4, 0.5) is 11.4 Å². The summed E-state index contributed by atoms with van der Waals surface area (Å²) < 4.78 is 5.19. The van der Waals surface area contributed by atoms with Gasteiger partial charge in [0.1, 0.15) is 5.02 Å². The number of hydrogen-bond acceptors (Lipinski definition) is 6. The molecule has 25 heavy (non-hydrogen) atoms. The number of nitro benzene ring substituents is 1. The van der Waals surface area contributed by atoms with E-state index < -0.39 is 10.9 Å². The third-order valence-electron chi connectivity index (χ3n) is 3.19. The molecule has 0 bridgehead atoms. The molecule has 0 saturated heterocycles. The molecule has 0 saturated carbocycles. The van der Waals surface area contributed by atoms with Crippen LogP contribution in [0.5, 0.6) is 5.95 Å². The number of aliphatic imine (C=N–C) groups is 1. The Labute approximate surface area is 151 Å². The summed E-state index contributed by atoms with van der Waals surface area (Å²) in [6.45, 7) is 0. The molecule has 1 aromatic heterocycles. The van der Waals surface area contributed by atoms with Gasteiger partial charge in [-0.25, -0.2) is 4.98 Å². The van der Waals surface area contributed by atoms with E-state index in [0.29, 0.717) is 10.6 Å². The number of benzene rings is 2. The van der Waals surface area contributed by atoms with Crippen LogP contribution in [-0.4, -0.2) is 21.2 Å². The molecule has 0 unspecified atom stereocenters. The summed E-state index contributed by atoms with van der Waals surface area (Å²) in [5.41, 5.74) is 0.734. The average molecular weight is 378 g/mol. The average Bonchev–Trinajstić information content (AvgIpc) is 2.95. The zero-order chi connectivity index (χ0) is 18.0. The molecule has 0 aliphatic rings. The number of halogens is 2. The molecular formula is C16H9Cl2N3O4. The molecule has 3 rings (SSSR count). The van der Waals surface area contributed by atoms with Crippen molar-refractivity contribution in [3.05, 3.63) is 68.3 Å². The van der Waals surface area contributed by atoms with Crippen molar-refractivity contribution in [3.8, 4) is 17.4 Å². The Balaban J connectivity index is 1.88. The second-order valence-corrected chi connectivity index (χ2v) is 5.71. The minimum absolute atomic E-state index is 0.0123. The minimum atomic E-state index is -0.604. The first-order valence-electron chi connectivity index (χ1n) is 6.88. The van der Waals surface area contributed by atoms with Gasteiger partial charge in [0.2, 0.25) is 5.89 Å². The summed E-state index contributed by atoms with van der Waals surface area (Å²) in [4.78, 5) is 18.5. The van der Waals surface area contributed by atoms with E-state index in [2.05, 4.69) is 9.98 Å². The van der Waals surface area contributed by atoms with Gasteiger partial charge in [-0.3, -0.25) is 15.1 Å². The predicted molar refractivity (Wildman–Crippen MR) is 94.0 cm³/mol. The Kier molecular flexibility index (Phi) is 4.69. The van der Waals surface area contributed by atoms with E-state index >= 15 is 0 Å². The molecule has 126 valence electrons. The Morgan fingerprint density at radius 1 is 1.20 bits per heavy atom. The maximum atomic E-state index is 10.9. The number of oxazole rings is 1. The fraction of sp³-hybridized carbons (Fsp3) is 0. The largest absolute Gasteiger partial charge is 0.479 e. The van der Waals surface area contributed by atoms with Crippen molar-refractivity contribution >= 4 is 40.8 Å². The second kappa shape index (κ2) is 6.92. The molecule has 0 radical (unpaired) electrons. The van der Waals surface area contributed by atoms with Gasteiger partial charge in [-0.2, -0.15) is 0 Å². The fourth-order valence-electron chi connectivity index (χ4n) is 1.98. The maximum absolute atomic E-state index is 10.9. The van der Waals surface area contributed by atoms with E-state index in [0.717, 1.165) is 0 Å². The van der Waals surface area contributed by atoms with Crippen molar-refractivity contribution in [2.45, 2.75) is 0 Å². The molecule has 0 fully saturated rings. The van der Waals surface area contributed by atoms with Crippen LogP contribution in [-0.2, 0) is 0 Å². The molecule has 1 heterocycles. The predicted octanol–water partition coefficient (Wildman–Crippen LogP) is 5.01. The van der Waals surface area contributed by atoms with Crippen LogP contribution in [0, 0.1) is 10.1 Å². The Bertz CT molecular complexity index is 968. The second-order valence-electron chi connectivity index (χ2n) is 4.87. The first kappa shape index (κ1) is 16.9. The third-order valence-corrected chi connectivity index (χ3v) is 3.76. The lowest BCUT2D eigenvalue weighted by atomic mass is 10.2. The summed E-state index contributed by atoms with van der Waals surface area (Å²) in [6.07, 6.45) is 1.24. The van der Waals surface area contributed by atoms with Crippen molar-refractivity contribution < 1.29 is 14.4 Å². The highest BCUT2D eigenvalue weighted by Gasteiger charge is 2.14. The van der Waals surface area contributed by atoms with Crippen molar-refractivity contribution in [1.82, 2.24) is 4.98 Å². The van der Waals surface area contributed by atoms with E-state index in [1.54, 1.807) is 24.3 Å². The van der Waals surface area contributed by atoms with Crippen LogP contribution < -0.4 is 0 Å². The molecule has 7 nitrogen and oxygen atoms in total. The number of hydrogen-bond donors (Lipinski definition) is 1. The summed E-state index contributed by atoms with van der Waals surface area (Å²) in [6, 6.07) is 10.8. The summed E-state index contributed by atoms with van der Waals surface area (Å²) >= 11 is 11.6. The molecule has 0 aliphatic heterocycles. The molecule has 3 aromatic rings. The van der Waals surface area contributed by atoms with Crippen molar-refractivity contribution in [2.24, 2.45) is 4.99 Å². The Hall–Kier alpha value is -2.90. The van der Waals surface area contributed by atoms with Gasteiger partial charge in [0.25, 0.3) is 5.69 Å². The highest BCUT2D eigenvalue weighted by atomic mass is 35.5. The fourth-order valence-corrected chi connectivity index (χ4v) is 2.29. The van der Waals surface area contributed by atoms with Crippen LogP contribution in [0.25, 0.3) is 11.5 Å². The van der Waals surface area contributed by atoms with Crippen molar-refractivity contribution in [2.75, 3.05) is 0 Å². The Morgan fingerprint density at radius 3 is 2.60 bits per heavy atom. The van der Waals surface area contributed by atoms with Crippen molar-refractivity contribution in [3.63, 3.8) is 0 Å². The molecule has 1 N–H and O–H groups in total. The molecule has 9 heteroatoms. The number of nitrogens with zero attached hydrogens (tertiary/aromatic N) is 3. The van der Waals surface area contributed by atoms with Crippen LogP contribution >= 0.6 is 23.2 Å². The lowest BCUT2D eigenvalue weighted by Crippen LogP contribution is -1.88. The topological polar surface area (TPSA) is 102 Å². The number of nitro groups is 1. The molecule has 0 spiro atoms. The highest BCUT2D eigenvalue weighted by Crippen LogP contribution is 2.30. The van der Waals surface area contributed by atoms with Gasteiger partial charge in [-0.1, -0.05) is 23.2 Å². The van der Waals surface area contributed by atoms with Gasteiger partial charge in [0.05, 0.1) is 16.8 Å². The van der Waals surface area contributed by atoms with Gasteiger partial charge in [0, 0.05) is 16.7 Å². The van der Waals surface area contributed by atoms with Crippen LogP contribution in [0.2, 0.25) is 10.0 Å². The summed E-state index contributed by atoms with van der Waals surface area (Å²) in [7, 11) is 0. The molecule has 0 atom stereocenters. The van der Waals surface area contributed by atoms with E-state index in [1.807, 2.05) is 0 Å². The molecule has 2 aromatic carbocycles. The van der Waals surface area contributed by atoms with Gasteiger partial charge < -0.3 is 9.52 Å². The van der Waals surface area contributed by atoms with Gasteiger partial charge in [0.15, 0.2) is 5.69 Å². The van der Waals surface area contributed by atoms with E-state index in [1.165, 1.54) is 24.4 Å². The van der Waals surface area contributed by atoms with E-state index in [-0.39, 0.29) is 28.0 Å². The van der Waals surface area contributed by atoms with Crippen molar-refractivity contribution in [1.29, 1.82) is 0 Å². The van der Waals surface area contributed by atoms with Gasteiger partial charge in [-0.15, -0.1) is 0 Å². The quantitative estimate of drug-likeness (QED) is 0.390. The van der Waals surface area contributed by atoms with Gasteiger partial charge >= 0.3 is 5.95 Å². The molecular weight excluding hydrogens is 369 g/mol. The van der Waals surface area contributed by atoms with Crippen LogP contribution in [0.15, 0.2) is 51.9 Å². The number of aromatic hydroxyl groups is 1. The molecule has 0 aliphatic carbocycles. The monoisotopic (exact) mass is 377 g/mol. The number of rotatable bonds is 4. The first-order valence-corrected chi connectivity index (χ1v) is 7.63. The lowest BCUT2D eigenvalue weighted by Gasteiger charge is -1.96. The van der Waals surface area contributed by atoms with Gasteiger partial charge in [-0.05, 0) is 36.4 Å². The van der Waals surface area contributed by atoms with Crippen LogP contribution in [0.3, 0.4) is 0 Å². The molecule has 0 amide bonds. The highest BCUT2D eigenvalue weighted by molar-refractivity contribution is 6.32. The summed E-state index contributed by atoms with van der Waals surface area (Å²) in [5, 5.41) is 21.3. The SMILES string of the molecule is O=[N+]([O-])c1cc(N=Cc2nc(-c3ccc(Cl)cc3)oc2O)ccc1Cl. The summed E-state index contributed by atoms with van der Waals surface area (Å²) in [5.74, 6) is -0.227. The smallest absolute Gasteiger partial charge is 0.312 e. The zero-order valence-electron chi connectivity index (χ0n) is 12.4. The zero-order valence-corrected chi connectivity index (χ0v) is 13.9. The normalized spacial score (nSPS) is 11.1. The number of aromatic nitrogens is 1. The lowest BCUT2D eigenvalue weighted by molar-refractivity contribution is -0.384. The van der Waals surface area contributed by atoms with E-state index in [9.17, 15) is 15.2 Å². The van der Waals surface area contributed by atoms with Crippen LogP contribution in [0.1, 0.15) is 5.69 Å². The maximum Gasteiger partial charge on any atom is 0.312 e. The Morgan fingerprint density at radius 2 is 1.92 bits per heavy atom. The standard InChI is InChI=1S/C16H9Cl2N3O4/c17-10-3-1-9(2-4-10)15-20-13(16(22)25-15)8-19-11-5-6-12(18)14(7-11)21(23)24/h1-8,22H. The minimum Gasteiger partial charge on any atom is -0.479 e. The van der Waals surface area contributed by atoms with E-state index in [4.69, 9.17) is 27.6 Å².